The number of Topliss-reactive ketones (excluding diaryl/α,β-unsaturated/α-hetero) is 1. The average molecular weight is 487 g/mol. The Morgan fingerprint density at radius 3 is 1.23 bits per heavy atom. The minimum absolute atomic E-state index is 0.141. The molecule has 0 N–H and O–H groups in total. The Kier molecular flexibility index (Phi) is 6.29. The molecule has 1 aromatic rings. The predicted octanol–water partition coefficient (Wildman–Crippen LogP) is 5.99. The smallest absolute Gasteiger partial charge is 0.287 e. The molecule has 0 radical (unpaired) electrons. The second-order valence-corrected chi connectivity index (χ2v) is 5.89. The highest BCUT2D eigenvalue weighted by Crippen LogP contribution is 2.60. The Morgan fingerprint density at radius 2 is 0.900 bits per heavy atom. The number of rotatable bonds is 7. The third-order valence-electron chi connectivity index (χ3n) is 3.59. The molecular weight excluding hydrogens is 483 g/mol. The molecular formula is C14H4ClF13O2. The summed E-state index contributed by atoms with van der Waals surface area (Å²) in [5.41, 5.74) is -2.13. The molecule has 170 valence electrons. The van der Waals surface area contributed by atoms with Gasteiger partial charge in [0.05, 0.1) is 0 Å². The van der Waals surface area contributed by atoms with E-state index in [0.717, 1.165) is 0 Å². The van der Waals surface area contributed by atoms with Crippen molar-refractivity contribution in [3.8, 4) is 0 Å². The van der Waals surface area contributed by atoms with Crippen LogP contribution in [0.25, 0.3) is 0 Å². The van der Waals surface area contributed by atoms with E-state index < -0.39 is 57.9 Å². The zero-order chi connectivity index (χ0) is 24.1. The third-order valence-corrected chi connectivity index (χ3v) is 3.81. The fourth-order valence-electron chi connectivity index (χ4n) is 1.85. The number of carbonyl (C=O) groups excluding carboxylic acids is 2. The Labute approximate surface area is 161 Å². The molecule has 0 unspecified atom stereocenters. The van der Waals surface area contributed by atoms with Gasteiger partial charge >= 0.3 is 35.8 Å². The maximum atomic E-state index is 13.7. The lowest BCUT2D eigenvalue weighted by Gasteiger charge is -2.39. The fourth-order valence-corrected chi connectivity index (χ4v) is 1.97. The lowest BCUT2D eigenvalue weighted by Crippen LogP contribution is -2.71. The minimum atomic E-state index is -8.10. The summed E-state index contributed by atoms with van der Waals surface area (Å²) in [7, 11) is 0. The average Bonchev–Trinajstić information content (AvgIpc) is 2.59. The van der Waals surface area contributed by atoms with Gasteiger partial charge in [-0.25, -0.2) is 0 Å². The molecule has 0 spiro atoms. The summed E-state index contributed by atoms with van der Waals surface area (Å²) in [6, 6.07) is 1.17. The minimum Gasteiger partial charge on any atom is -0.287 e. The molecule has 2 nitrogen and oxygen atoms in total. The van der Waals surface area contributed by atoms with Crippen LogP contribution in [-0.2, 0) is 0 Å². The first-order valence-corrected chi connectivity index (χ1v) is 7.25. The first-order valence-electron chi connectivity index (χ1n) is 6.88. The molecule has 0 aliphatic rings. The summed E-state index contributed by atoms with van der Waals surface area (Å²) >= 11 is 4.95. The number of carbonyl (C=O) groups is 2. The lowest BCUT2D eigenvalue weighted by molar-refractivity contribution is -0.435. The molecule has 30 heavy (non-hydrogen) atoms. The monoisotopic (exact) mass is 486 g/mol. The first-order chi connectivity index (χ1) is 13.1. The van der Waals surface area contributed by atoms with E-state index in [9.17, 15) is 66.7 Å². The molecule has 0 bridgehead atoms. The third kappa shape index (κ3) is 3.60. The van der Waals surface area contributed by atoms with Gasteiger partial charge in [0.25, 0.3) is 5.24 Å². The van der Waals surface area contributed by atoms with Crippen molar-refractivity contribution in [3.05, 3.63) is 35.4 Å². The zero-order valence-corrected chi connectivity index (χ0v) is 14.2. The van der Waals surface area contributed by atoms with Gasteiger partial charge in [0, 0.05) is 11.1 Å². The van der Waals surface area contributed by atoms with Crippen LogP contribution in [0.1, 0.15) is 20.7 Å². The summed E-state index contributed by atoms with van der Waals surface area (Å²) in [6.07, 6.45) is -7.54. The van der Waals surface area contributed by atoms with Crippen LogP contribution in [0.4, 0.5) is 57.1 Å². The van der Waals surface area contributed by atoms with Gasteiger partial charge < -0.3 is 0 Å². The van der Waals surface area contributed by atoms with Crippen molar-refractivity contribution in [2.45, 2.75) is 35.8 Å². The number of ketones is 1. The number of hydrogen-bond donors (Lipinski definition) is 0. The van der Waals surface area contributed by atoms with Gasteiger partial charge in [-0.15, -0.1) is 0 Å². The van der Waals surface area contributed by atoms with Crippen LogP contribution in [-0.4, -0.2) is 46.8 Å². The van der Waals surface area contributed by atoms with Crippen molar-refractivity contribution >= 4 is 22.6 Å². The topological polar surface area (TPSA) is 34.1 Å². The molecule has 0 saturated heterocycles. The highest BCUT2D eigenvalue weighted by atomic mass is 35.5. The second-order valence-electron chi connectivity index (χ2n) is 5.55. The van der Waals surface area contributed by atoms with Gasteiger partial charge in [0.2, 0.25) is 5.78 Å². The predicted molar refractivity (Wildman–Crippen MR) is 71.7 cm³/mol. The first kappa shape index (κ1) is 26.0. The Hall–Kier alpha value is -2.06. The van der Waals surface area contributed by atoms with Crippen LogP contribution in [0.5, 0.6) is 0 Å². The van der Waals surface area contributed by atoms with E-state index in [-0.39, 0.29) is 12.1 Å². The fraction of sp³-hybridized carbons (Fsp3) is 0.429. The maximum Gasteiger partial charge on any atom is 0.460 e. The van der Waals surface area contributed by atoms with Crippen molar-refractivity contribution < 1.29 is 66.7 Å². The summed E-state index contributed by atoms with van der Waals surface area (Å²) in [4.78, 5) is 22.2. The van der Waals surface area contributed by atoms with E-state index in [1.165, 1.54) is 0 Å². The van der Waals surface area contributed by atoms with E-state index in [1.807, 2.05) is 0 Å². The van der Waals surface area contributed by atoms with Gasteiger partial charge in [-0.2, -0.15) is 57.1 Å². The molecule has 1 aromatic carbocycles. The van der Waals surface area contributed by atoms with Gasteiger partial charge in [0.1, 0.15) is 0 Å². The normalized spacial score (nSPS) is 14.6. The molecule has 0 fully saturated rings. The quantitative estimate of drug-likeness (QED) is 0.270. The molecule has 0 amide bonds. The van der Waals surface area contributed by atoms with Crippen molar-refractivity contribution in [3.63, 3.8) is 0 Å². The molecule has 0 heterocycles. The molecule has 1 rings (SSSR count). The molecule has 0 aliphatic carbocycles. The van der Waals surface area contributed by atoms with E-state index >= 15 is 0 Å². The zero-order valence-electron chi connectivity index (χ0n) is 13.4. The van der Waals surface area contributed by atoms with Crippen molar-refractivity contribution in [1.82, 2.24) is 0 Å². The van der Waals surface area contributed by atoms with Crippen molar-refractivity contribution in [2.24, 2.45) is 0 Å². The van der Waals surface area contributed by atoms with Gasteiger partial charge in [-0.1, -0.05) is 12.1 Å². The van der Waals surface area contributed by atoms with Crippen LogP contribution in [0.3, 0.4) is 0 Å². The van der Waals surface area contributed by atoms with E-state index in [2.05, 4.69) is 0 Å². The largest absolute Gasteiger partial charge is 0.460 e. The second kappa shape index (κ2) is 7.27. The Bertz CT molecular complexity index is 827. The van der Waals surface area contributed by atoms with Crippen LogP contribution in [0.15, 0.2) is 24.3 Å². The van der Waals surface area contributed by atoms with Crippen LogP contribution in [0, 0.1) is 0 Å². The standard InChI is InChI=1S/C14H4ClF13O2/c15-8(30)6-3-1-5(2-4-6)7(29)9(16,17)10(18,19)11(20,21)12(22,23)13(24,25)14(26,27)28/h1-4H. The number of halogens is 14. The maximum absolute atomic E-state index is 13.7. The summed E-state index contributed by atoms with van der Waals surface area (Å²) < 4.78 is 169. The van der Waals surface area contributed by atoms with E-state index in [0.29, 0.717) is 12.1 Å². The summed E-state index contributed by atoms with van der Waals surface area (Å²) in [5.74, 6) is -42.0. The Balaban J connectivity index is 3.51. The number of benzene rings is 1. The van der Waals surface area contributed by atoms with Crippen LogP contribution >= 0.6 is 11.6 Å². The SMILES string of the molecule is O=C(Cl)c1ccc(C(=O)C(F)(F)C(F)(F)C(F)(F)C(F)(F)C(F)(F)C(F)(F)F)cc1. The van der Waals surface area contributed by atoms with E-state index in [1.54, 1.807) is 0 Å². The number of alkyl halides is 13. The van der Waals surface area contributed by atoms with Crippen LogP contribution in [0.2, 0.25) is 0 Å². The highest BCUT2D eigenvalue weighted by Gasteiger charge is 2.91. The van der Waals surface area contributed by atoms with Gasteiger partial charge in [-0.05, 0) is 23.7 Å². The summed E-state index contributed by atoms with van der Waals surface area (Å²) in [6.45, 7) is 0. The van der Waals surface area contributed by atoms with Gasteiger partial charge in [-0.3, -0.25) is 9.59 Å². The molecule has 0 aromatic heterocycles. The molecule has 0 aliphatic heterocycles. The lowest BCUT2D eigenvalue weighted by atomic mass is 9.90. The van der Waals surface area contributed by atoms with E-state index in [4.69, 9.17) is 11.6 Å². The van der Waals surface area contributed by atoms with Crippen molar-refractivity contribution in [1.29, 1.82) is 0 Å². The molecule has 0 atom stereocenters. The molecule has 16 heteroatoms. The highest BCUT2D eigenvalue weighted by molar-refractivity contribution is 6.67. The Morgan fingerprint density at radius 1 is 0.567 bits per heavy atom. The van der Waals surface area contributed by atoms with Crippen LogP contribution < -0.4 is 0 Å². The summed E-state index contributed by atoms with van der Waals surface area (Å²) in [5, 5.41) is -1.26. The van der Waals surface area contributed by atoms with Gasteiger partial charge in [0.15, 0.2) is 0 Å². The number of hydrogen-bond acceptors (Lipinski definition) is 2. The molecule has 0 saturated carbocycles. The van der Waals surface area contributed by atoms with Crippen molar-refractivity contribution in [2.75, 3.05) is 0 Å².